The Morgan fingerprint density at radius 2 is 1.62 bits per heavy atom. The Morgan fingerprint density at radius 1 is 1.03 bits per heavy atom. The number of phenolic OH excluding ortho intramolecular Hbond substituents is 1. The van der Waals surface area contributed by atoms with E-state index in [0.717, 1.165) is 0 Å². The molecule has 1 rings (SSSR count). The van der Waals surface area contributed by atoms with Gasteiger partial charge in [-0.15, -0.1) is 0 Å². The normalized spacial score (nSPS) is 14.3. The molecule has 32 heavy (non-hydrogen) atoms. The van der Waals surface area contributed by atoms with E-state index < -0.39 is 66.8 Å². The molecule has 1 aromatic rings. The lowest BCUT2D eigenvalue weighted by molar-refractivity contribution is -0.144. The minimum atomic E-state index is -1.64. The second kappa shape index (κ2) is 12.2. The molecule has 0 aromatic heterocycles. The maximum Gasteiger partial charge on any atom is 0.326 e. The molecule has 0 saturated carbocycles. The number of carboxylic acid groups (broad SMARTS) is 1. The van der Waals surface area contributed by atoms with Crippen LogP contribution >= 0.6 is 0 Å². The monoisotopic (exact) mass is 453 g/mol. The smallest absolute Gasteiger partial charge is 0.326 e. The van der Waals surface area contributed by atoms with Crippen LogP contribution < -0.4 is 27.4 Å². The van der Waals surface area contributed by atoms with Crippen LogP contribution in [0.3, 0.4) is 0 Å². The van der Waals surface area contributed by atoms with Crippen LogP contribution in [0.1, 0.15) is 18.9 Å². The van der Waals surface area contributed by atoms with Gasteiger partial charge in [-0.05, 0) is 31.0 Å². The second-order valence-corrected chi connectivity index (χ2v) is 7.05. The third kappa shape index (κ3) is 8.97. The summed E-state index contributed by atoms with van der Waals surface area (Å²) < 4.78 is 0. The fourth-order valence-electron chi connectivity index (χ4n) is 2.57. The van der Waals surface area contributed by atoms with Crippen LogP contribution in [-0.2, 0) is 30.4 Å². The van der Waals surface area contributed by atoms with Gasteiger partial charge in [0, 0.05) is 0 Å². The van der Waals surface area contributed by atoms with Gasteiger partial charge in [0.05, 0.1) is 25.1 Å². The number of aliphatic carboxylic acids is 1. The number of hydrogen-bond donors (Lipinski definition) is 8. The van der Waals surface area contributed by atoms with Gasteiger partial charge in [0.25, 0.3) is 0 Å². The fraction of sp³-hybridized carbons (Fsp3) is 0.421. The van der Waals surface area contributed by atoms with Gasteiger partial charge in [-0.1, -0.05) is 12.1 Å². The Kier molecular flexibility index (Phi) is 10.1. The number of nitrogens with one attached hydrogen (secondary N) is 3. The van der Waals surface area contributed by atoms with E-state index in [1.165, 1.54) is 19.1 Å². The molecule has 0 saturated heterocycles. The molecule has 0 bridgehead atoms. The van der Waals surface area contributed by atoms with E-state index in [0.29, 0.717) is 5.56 Å². The molecule has 0 aliphatic heterocycles. The predicted molar refractivity (Wildman–Crippen MR) is 110 cm³/mol. The van der Waals surface area contributed by atoms with Crippen LogP contribution in [0.25, 0.3) is 0 Å². The first-order valence-electron chi connectivity index (χ1n) is 9.50. The summed E-state index contributed by atoms with van der Waals surface area (Å²) in [7, 11) is 0. The van der Waals surface area contributed by atoms with Crippen LogP contribution in [0, 0.1) is 0 Å². The zero-order chi connectivity index (χ0) is 24.4. The van der Waals surface area contributed by atoms with E-state index in [-0.39, 0.29) is 12.2 Å². The standard InChI is InChI=1S/C19H27N5O8/c1-9(25)16(18(30)23-13(19(31)32)7-14(21)27)24-15(28)8-22-17(29)12(20)6-10-2-4-11(26)5-3-10/h2-5,9,12-13,16,25-26H,6-8,20H2,1H3,(H2,21,27)(H,22,29)(H,23,30)(H,24,28)(H,31,32). The highest BCUT2D eigenvalue weighted by Gasteiger charge is 2.30. The van der Waals surface area contributed by atoms with Gasteiger partial charge in [-0.2, -0.15) is 0 Å². The van der Waals surface area contributed by atoms with E-state index in [1.807, 2.05) is 5.32 Å². The molecule has 4 atom stereocenters. The van der Waals surface area contributed by atoms with Gasteiger partial charge in [0.15, 0.2) is 0 Å². The van der Waals surface area contributed by atoms with E-state index in [4.69, 9.17) is 16.6 Å². The third-order valence-corrected chi connectivity index (χ3v) is 4.25. The summed E-state index contributed by atoms with van der Waals surface area (Å²) in [6.07, 6.45) is -1.96. The molecule has 1 aromatic carbocycles. The van der Waals surface area contributed by atoms with Crippen molar-refractivity contribution in [2.45, 2.75) is 44.0 Å². The Labute approximate surface area is 183 Å². The summed E-state index contributed by atoms with van der Waals surface area (Å²) in [5.41, 5.74) is 11.4. The van der Waals surface area contributed by atoms with Gasteiger partial charge in [0.2, 0.25) is 23.6 Å². The Bertz CT molecular complexity index is 843. The van der Waals surface area contributed by atoms with Crippen molar-refractivity contribution in [2.75, 3.05) is 6.54 Å². The number of carbonyl (C=O) groups excluding carboxylic acids is 4. The highest BCUT2D eigenvalue weighted by Crippen LogP contribution is 2.10. The molecule has 4 amide bonds. The molecule has 4 unspecified atom stereocenters. The highest BCUT2D eigenvalue weighted by molar-refractivity contribution is 5.94. The predicted octanol–water partition coefficient (Wildman–Crippen LogP) is -3.31. The van der Waals surface area contributed by atoms with E-state index >= 15 is 0 Å². The molecular weight excluding hydrogens is 426 g/mol. The molecular formula is C19H27N5O8. The van der Waals surface area contributed by atoms with E-state index in [9.17, 15) is 34.2 Å². The molecule has 0 heterocycles. The summed E-state index contributed by atoms with van der Waals surface area (Å²) in [5.74, 6) is -5.00. The van der Waals surface area contributed by atoms with Gasteiger partial charge in [0.1, 0.15) is 17.8 Å². The fourth-order valence-corrected chi connectivity index (χ4v) is 2.57. The van der Waals surface area contributed by atoms with E-state index in [1.54, 1.807) is 12.1 Å². The van der Waals surface area contributed by atoms with Crippen molar-refractivity contribution in [3.8, 4) is 5.75 Å². The maximum atomic E-state index is 12.3. The Hall–Kier alpha value is -3.71. The van der Waals surface area contributed by atoms with Crippen LogP contribution in [0.5, 0.6) is 5.75 Å². The molecule has 0 fully saturated rings. The average Bonchev–Trinajstić information content (AvgIpc) is 2.70. The van der Waals surface area contributed by atoms with Gasteiger partial charge in [-0.25, -0.2) is 4.79 Å². The van der Waals surface area contributed by atoms with Crippen molar-refractivity contribution in [1.29, 1.82) is 0 Å². The molecule has 0 aliphatic carbocycles. The number of phenols is 1. The summed E-state index contributed by atoms with van der Waals surface area (Å²) >= 11 is 0. The first-order valence-corrected chi connectivity index (χ1v) is 9.50. The molecule has 13 heteroatoms. The zero-order valence-corrected chi connectivity index (χ0v) is 17.3. The topological polar surface area (TPSA) is 234 Å². The Balaban J connectivity index is 2.61. The zero-order valence-electron chi connectivity index (χ0n) is 17.3. The van der Waals surface area contributed by atoms with Crippen molar-refractivity contribution in [3.63, 3.8) is 0 Å². The average molecular weight is 453 g/mol. The number of carbonyl (C=O) groups is 5. The minimum absolute atomic E-state index is 0.0597. The number of aromatic hydroxyl groups is 1. The first kappa shape index (κ1) is 26.3. The van der Waals surface area contributed by atoms with Crippen LogP contribution in [0.2, 0.25) is 0 Å². The van der Waals surface area contributed by atoms with Crippen LogP contribution in [0.15, 0.2) is 24.3 Å². The number of benzene rings is 1. The molecule has 0 radical (unpaired) electrons. The summed E-state index contributed by atoms with van der Waals surface area (Å²) in [5, 5.41) is 34.5. The van der Waals surface area contributed by atoms with Gasteiger partial charge >= 0.3 is 5.97 Å². The first-order chi connectivity index (χ1) is 14.9. The van der Waals surface area contributed by atoms with Crippen molar-refractivity contribution in [3.05, 3.63) is 29.8 Å². The number of aliphatic hydroxyl groups excluding tert-OH is 1. The number of carboxylic acids is 1. The quantitative estimate of drug-likeness (QED) is 0.158. The summed E-state index contributed by atoms with van der Waals surface area (Å²) in [6, 6.07) is 1.86. The van der Waals surface area contributed by atoms with Crippen molar-refractivity contribution in [2.24, 2.45) is 11.5 Å². The highest BCUT2D eigenvalue weighted by atomic mass is 16.4. The molecule has 0 spiro atoms. The number of aliphatic hydroxyl groups is 1. The number of hydrogen-bond acceptors (Lipinski definition) is 8. The summed E-state index contributed by atoms with van der Waals surface area (Å²) in [6.45, 7) is 0.614. The van der Waals surface area contributed by atoms with Gasteiger partial charge in [-0.3, -0.25) is 19.2 Å². The lowest BCUT2D eigenvalue weighted by atomic mass is 10.1. The van der Waals surface area contributed by atoms with Crippen LogP contribution in [0.4, 0.5) is 0 Å². The minimum Gasteiger partial charge on any atom is -0.508 e. The number of rotatable bonds is 12. The maximum absolute atomic E-state index is 12.3. The summed E-state index contributed by atoms with van der Waals surface area (Å²) in [4.78, 5) is 58.5. The second-order valence-electron chi connectivity index (χ2n) is 7.05. The van der Waals surface area contributed by atoms with E-state index in [2.05, 4.69) is 10.6 Å². The van der Waals surface area contributed by atoms with Gasteiger partial charge < -0.3 is 42.7 Å². The molecule has 10 N–H and O–H groups in total. The third-order valence-electron chi connectivity index (χ3n) is 4.25. The lowest BCUT2D eigenvalue weighted by Gasteiger charge is -2.23. The SMILES string of the molecule is CC(O)C(NC(=O)CNC(=O)C(N)Cc1ccc(O)cc1)C(=O)NC(CC(N)=O)C(=O)O. The molecule has 13 nitrogen and oxygen atoms in total. The molecule has 0 aliphatic rings. The largest absolute Gasteiger partial charge is 0.508 e. The lowest BCUT2D eigenvalue weighted by Crippen LogP contribution is -2.57. The Morgan fingerprint density at radius 3 is 2.12 bits per heavy atom. The molecule has 176 valence electrons. The number of nitrogens with two attached hydrogens (primary N) is 2. The van der Waals surface area contributed by atoms with Crippen molar-refractivity contribution < 1.29 is 39.3 Å². The van der Waals surface area contributed by atoms with Crippen LogP contribution in [-0.4, -0.2) is 75.7 Å². The number of primary amides is 1. The number of amides is 4. The van der Waals surface area contributed by atoms with Crippen molar-refractivity contribution >= 4 is 29.6 Å². The van der Waals surface area contributed by atoms with Crippen molar-refractivity contribution in [1.82, 2.24) is 16.0 Å².